The van der Waals surface area contributed by atoms with Crippen molar-refractivity contribution in [2.45, 2.75) is 19.3 Å². The molecule has 0 aliphatic carbocycles. The molecule has 2 aliphatic heterocycles. The molecule has 2 saturated heterocycles. The van der Waals surface area contributed by atoms with Crippen LogP contribution in [0.15, 0.2) is 36.4 Å². The van der Waals surface area contributed by atoms with Crippen LogP contribution in [0.2, 0.25) is 0 Å². The average molecular weight is 369 g/mol. The van der Waals surface area contributed by atoms with E-state index in [1.165, 1.54) is 31.4 Å². The third-order valence-electron chi connectivity index (χ3n) is 5.31. The van der Waals surface area contributed by atoms with Crippen molar-refractivity contribution in [3.8, 4) is 0 Å². The second kappa shape index (κ2) is 7.90. The van der Waals surface area contributed by atoms with Crippen molar-refractivity contribution >= 4 is 17.4 Å². The molecule has 2 fully saturated rings. The number of amides is 1. The van der Waals surface area contributed by atoms with Crippen molar-refractivity contribution in [3.63, 3.8) is 0 Å². The summed E-state index contributed by atoms with van der Waals surface area (Å²) in [6.45, 7) is 4.69. The molecule has 1 aromatic heterocycles. The van der Waals surface area contributed by atoms with E-state index in [-0.39, 0.29) is 11.7 Å². The molecule has 27 heavy (non-hydrogen) atoms. The number of piperidine rings is 1. The summed E-state index contributed by atoms with van der Waals surface area (Å²) in [6.07, 6.45) is 3.63. The fourth-order valence-electron chi connectivity index (χ4n) is 3.71. The highest BCUT2D eigenvalue weighted by Gasteiger charge is 2.24. The van der Waals surface area contributed by atoms with Gasteiger partial charge in [-0.2, -0.15) is 0 Å². The van der Waals surface area contributed by atoms with Crippen LogP contribution in [0.3, 0.4) is 0 Å². The lowest BCUT2D eigenvalue weighted by Crippen LogP contribution is -2.49. The van der Waals surface area contributed by atoms with Crippen LogP contribution in [0.4, 0.5) is 15.9 Å². The first-order valence-corrected chi connectivity index (χ1v) is 9.59. The second-order valence-electron chi connectivity index (χ2n) is 7.08. The number of hydrogen-bond acceptors (Lipinski definition) is 5. The molecule has 7 heteroatoms. The summed E-state index contributed by atoms with van der Waals surface area (Å²) in [7, 11) is 0. The van der Waals surface area contributed by atoms with Crippen molar-refractivity contribution in [1.82, 2.24) is 15.1 Å². The third-order valence-corrected chi connectivity index (χ3v) is 5.31. The zero-order valence-electron chi connectivity index (χ0n) is 15.4. The Balaban J connectivity index is 1.35. The summed E-state index contributed by atoms with van der Waals surface area (Å²) in [5.74, 6) is 0.540. The number of rotatable bonds is 3. The Kier molecular flexibility index (Phi) is 5.18. The highest BCUT2D eigenvalue weighted by molar-refractivity contribution is 5.92. The van der Waals surface area contributed by atoms with Gasteiger partial charge in [0.05, 0.1) is 0 Å². The predicted octanol–water partition coefficient (Wildman–Crippen LogP) is 2.57. The summed E-state index contributed by atoms with van der Waals surface area (Å²) in [5.41, 5.74) is 1.38. The first-order valence-electron chi connectivity index (χ1n) is 9.59. The molecule has 142 valence electrons. The lowest BCUT2D eigenvalue weighted by Gasteiger charge is -2.36. The van der Waals surface area contributed by atoms with E-state index < -0.39 is 0 Å². The Morgan fingerprint density at radius 3 is 2.11 bits per heavy atom. The third kappa shape index (κ3) is 4.02. The zero-order valence-corrected chi connectivity index (χ0v) is 15.4. The van der Waals surface area contributed by atoms with Gasteiger partial charge in [0, 0.05) is 45.0 Å². The van der Waals surface area contributed by atoms with E-state index in [1.807, 2.05) is 11.0 Å². The Bertz CT molecular complexity index is 766. The van der Waals surface area contributed by atoms with Gasteiger partial charge in [-0.15, -0.1) is 10.2 Å². The fourth-order valence-corrected chi connectivity index (χ4v) is 3.71. The molecule has 0 unspecified atom stereocenters. The van der Waals surface area contributed by atoms with E-state index in [1.54, 1.807) is 18.2 Å². The molecular formula is C20H24FN5O. The van der Waals surface area contributed by atoms with Crippen LogP contribution < -0.4 is 9.80 Å². The van der Waals surface area contributed by atoms with Crippen molar-refractivity contribution in [2.75, 3.05) is 49.1 Å². The number of carbonyl (C=O) groups excluding carboxylic acids is 1. The van der Waals surface area contributed by atoms with Crippen molar-refractivity contribution in [1.29, 1.82) is 0 Å². The van der Waals surface area contributed by atoms with Gasteiger partial charge in [-0.05, 0) is 55.7 Å². The van der Waals surface area contributed by atoms with E-state index in [0.717, 1.165) is 37.7 Å². The largest absolute Gasteiger partial charge is 0.368 e. The molecule has 2 aliphatic rings. The Morgan fingerprint density at radius 2 is 1.48 bits per heavy atom. The number of anilines is 2. The summed E-state index contributed by atoms with van der Waals surface area (Å²) >= 11 is 0. The molecule has 2 aromatic rings. The van der Waals surface area contributed by atoms with Gasteiger partial charge >= 0.3 is 0 Å². The molecule has 4 rings (SSSR count). The van der Waals surface area contributed by atoms with Crippen LogP contribution in [0.1, 0.15) is 29.8 Å². The van der Waals surface area contributed by atoms with Gasteiger partial charge < -0.3 is 14.7 Å². The normalized spacial score (nSPS) is 17.9. The maximum Gasteiger partial charge on any atom is 0.274 e. The number of nitrogens with zero attached hydrogens (tertiary/aromatic N) is 5. The molecule has 0 N–H and O–H groups in total. The molecule has 0 bridgehead atoms. The van der Waals surface area contributed by atoms with E-state index in [0.29, 0.717) is 18.8 Å². The monoisotopic (exact) mass is 369 g/mol. The molecule has 1 aromatic carbocycles. The molecule has 0 spiro atoms. The summed E-state index contributed by atoms with van der Waals surface area (Å²) in [5, 5.41) is 8.45. The zero-order chi connectivity index (χ0) is 18.6. The second-order valence-corrected chi connectivity index (χ2v) is 7.08. The van der Waals surface area contributed by atoms with Gasteiger partial charge in [0.25, 0.3) is 5.91 Å². The summed E-state index contributed by atoms with van der Waals surface area (Å²) in [4.78, 5) is 18.9. The van der Waals surface area contributed by atoms with Crippen LogP contribution in [-0.4, -0.2) is 60.3 Å². The van der Waals surface area contributed by atoms with Gasteiger partial charge in [0.1, 0.15) is 5.82 Å². The van der Waals surface area contributed by atoms with E-state index >= 15 is 0 Å². The van der Waals surface area contributed by atoms with E-state index in [2.05, 4.69) is 20.0 Å². The average Bonchev–Trinajstić information content (AvgIpc) is 2.75. The maximum absolute atomic E-state index is 13.1. The van der Waals surface area contributed by atoms with E-state index in [9.17, 15) is 9.18 Å². The lowest BCUT2D eigenvalue weighted by molar-refractivity contribution is 0.0739. The van der Waals surface area contributed by atoms with Crippen molar-refractivity contribution < 1.29 is 9.18 Å². The minimum atomic E-state index is -0.237. The first kappa shape index (κ1) is 17.7. The van der Waals surface area contributed by atoms with Gasteiger partial charge in [-0.3, -0.25) is 4.79 Å². The van der Waals surface area contributed by atoms with Gasteiger partial charge in [-0.25, -0.2) is 4.39 Å². The molecule has 0 radical (unpaired) electrons. The molecular weight excluding hydrogens is 345 g/mol. The number of piperazine rings is 1. The predicted molar refractivity (Wildman–Crippen MR) is 103 cm³/mol. The summed E-state index contributed by atoms with van der Waals surface area (Å²) in [6, 6.07) is 10.2. The van der Waals surface area contributed by atoms with E-state index in [4.69, 9.17) is 0 Å². The Hall–Kier alpha value is -2.70. The first-order chi connectivity index (χ1) is 13.2. The van der Waals surface area contributed by atoms with Crippen LogP contribution >= 0.6 is 0 Å². The number of hydrogen-bond donors (Lipinski definition) is 0. The smallest absolute Gasteiger partial charge is 0.274 e. The SMILES string of the molecule is O=C(c1ccc(N2CCCCC2)nn1)N1CCN(c2ccc(F)cc2)CC1. The van der Waals surface area contributed by atoms with Gasteiger partial charge in [0.15, 0.2) is 11.5 Å². The van der Waals surface area contributed by atoms with Crippen LogP contribution in [0, 0.1) is 5.82 Å². The van der Waals surface area contributed by atoms with Crippen molar-refractivity contribution in [3.05, 3.63) is 47.9 Å². The molecule has 3 heterocycles. The maximum atomic E-state index is 13.1. The molecule has 6 nitrogen and oxygen atoms in total. The van der Waals surface area contributed by atoms with Crippen LogP contribution in [0.5, 0.6) is 0 Å². The number of halogens is 1. The van der Waals surface area contributed by atoms with Crippen molar-refractivity contribution in [2.24, 2.45) is 0 Å². The summed E-state index contributed by atoms with van der Waals surface area (Å²) < 4.78 is 13.1. The Morgan fingerprint density at radius 1 is 0.778 bits per heavy atom. The van der Waals surface area contributed by atoms with Gasteiger partial charge in [0.2, 0.25) is 0 Å². The van der Waals surface area contributed by atoms with Crippen LogP contribution in [-0.2, 0) is 0 Å². The number of benzene rings is 1. The quantitative estimate of drug-likeness (QED) is 0.832. The number of carbonyl (C=O) groups is 1. The minimum absolute atomic E-state index is 0.0774. The fraction of sp³-hybridized carbons (Fsp3) is 0.450. The minimum Gasteiger partial charge on any atom is -0.368 e. The molecule has 0 saturated carbocycles. The molecule has 1 amide bonds. The lowest BCUT2D eigenvalue weighted by atomic mass is 10.1. The molecule has 0 atom stereocenters. The van der Waals surface area contributed by atoms with Crippen LogP contribution in [0.25, 0.3) is 0 Å². The number of aromatic nitrogens is 2. The van der Waals surface area contributed by atoms with Gasteiger partial charge in [-0.1, -0.05) is 0 Å². The topological polar surface area (TPSA) is 52.6 Å². The highest BCUT2D eigenvalue weighted by atomic mass is 19.1. The Labute approximate surface area is 158 Å². The standard InChI is InChI=1S/C20H24FN5O/c21-16-4-6-17(7-5-16)24-12-14-26(15-13-24)20(27)18-8-9-19(23-22-18)25-10-2-1-3-11-25/h4-9H,1-3,10-15H2. The highest BCUT2D eigenvalue weighted by Crippen LogP contribution is 2.19.